The van der Waals surface area contributed by atoms with Crippen molar-refractivity contribution in [2.75, 3.05) is 4.90 Å². The van der Waals surface area contributed by atoms with Gasteiger partial charge in [-0.3, -0.25) is 0 Å². The Morgan fingerprint density at radius 1 is 0.594 bits per heavy atom. The van der Waals surface area contributed by atoms with E-state index in [2.05, 4.69) is 36.8 Å². The number of aryl methyl sites for hydroxylation is 1. The second kappa shape index (κ2) is 9.12. The van der Waals surface area contributed by atoms with Gasteiger partial charge < -0.3 is 4.90 Å². The maximum Gasteiger partial charge on any atom is 0.416 e. The van der Waals surface area contributed by atoms with Gasteiger partial charge in [-0.05, 0) is 96.4 Å². The highest BCUT2D eigenvalue weighted by Crippen LogP contribution is 2.38. The van der Waals surface area contributed by atoms with Crippen molar-refractivity contribution in [1.29, 1.82) is 0 Å². The normalized spacial score (nSPS) is 11.4. The van der Waals surface area contributed by atoms with Gasteiger partial charge in [0.05, 0.1) is 5.56 Å². The van der Waals surface area contributed by atoms with Crippen LogP contribution < -0.4 is 4.90 Å². The Labute approximate surface area is 201 Å². The van der Waals surface area contributed by atoms with E-state index in [-0.39, 0.29) is 0 Å². The third kappa shape index (κ3) is 5.08. The number of hydrogen-bond donors (Lipinski definition) is 0. The zero-order valence-electron chi connectivity index (χ0n) is 17.0. The zero-order valence-corrected chi connectivity index (χ0v) is 20.2. The number of anilines is 3. The predicted molar refractivity (Wildman–Crippen MR) is 132 cm³/mol. The molecule has 0 atom stereocenters. The molecule has 0 heterocycles. The van der Waals surface area contributed by atoms with Gasteiger partial charge in [0.2, 0.25) is 0 Å². The topological polar surface area (TPSA) is 3.24 Å². The van der Waals surface area contributed by atoms with Gasteiger partial charge in [0.25, 0.3) is 0 Å². The number of alkyl halides is 3. The molecule has 0 amide bonds. The predicted octanol–water partition coefficient (Wildman–Crippen LogP) is 9.68. The lowest BCUT2D eigenvalue weighted by atomic mass is 9.99. The first-order valence-corrected chi connectivity index (χ1v) is 11.4. The molecular weight excluding hydrogens is 543 g/mol. The molecule has 162 valence electrons. The number of halogens is 5. The van der Waals surface area contributed by atoms with Crippen molar-refractivity contribution in [3.8, 4) is 11.1 Å². The number of hydrogen-bond acceptors (Lipinski definition) is 1. The third-order valence-electron chi connectivity index (χ3n) is 5.03. The molecule has 4 aromatic rings. The van der Waals surface area contributed by atoms with Crippen molar-refractivity contribution in [1.82, 2.24) is 0 Å². The maximum atomic E-state index is 13.3. The van der Waals surface area contributed by atoms with Gasteiger partial charge in [-0.15, -0.1) is 0 Å². The van der Waals surface area contributed by atoms with Crippen LogP contribution in [0.15, 0.2) is 99.9 Å². The van der Waals surface area contributed by atoms with Crippen molar-refractivity contribution >= 4 is 48.9 Å². The quantitative estimate of drug-likeness (QED) is 0.240. The van der Waals surface area contributed by atoms with Crippen LogP contribution in [0.25, 0.3) is 11.1 Å². The highest BCUT2D eigenvalue weighted by atomic mass is 79.9. The summed E-state index contributed by atoms with van der Waals surface area (Å²) < 4.78 is 41.7. The van der Waals surface area contributed by atoms with Gasteiger partial charge in [0.15, 0.2) is 0 Å². The van der Waals surface area contributed by atoms with E-state index < -0.39 is 11.7 Å². The molecule has 0 radical (unpaired) electrons. The molecular formula is C26H18Br2F3N. The Hall–Kier alpha value is -2.57. The minimum Gasteiger partial charge on any atom is -0.311 e. The van der Waals surface area contributed by atoms with E-state index in [1.54, 1.807) is 13.0 Å². The average molecular weight is 561 g/mol. The van der Waals surface area contributed by atoms with Gasteiger partial charge in [-0.1, -0.05) is 50.1 Å². The van der Waals surface area contributed by atoms with Gasteiger partial charge in [0.1, 0.15) is 0 Å². The van der Waals surface area contributed by atoms with Crippen LogP contribution in [-0.2, 0) is 6.18 Å². The second-order valence-electron chi connectivity index (χ2n) is 7.42. The first kappa shape index (κ1) is 22.6. The summed E-state index contributed by atoms with van der Waals surface area (Å²) in [6.07, 6.45) is -4.37. The Morgan fingerprint density at radius 2 is 1.03 bits per heavy atom. The van der Waals surface area contributed by atoms with Crippen LogP contribution in [-0.4, -0.2) is 0 Å². The average Bonchev–Trinajstić information content (AvgIpc) is 2.76. The van der Waals surface area contributed by atoms with Crippen molar-refractivity contribution in [3.63, 3.8) is 0 Å². The molecule has 4 aromatic carbocycles. The lowest BCUT2D eigenvalue weighted by Gasteiger charge is -2.26. The van der Waals surface area contributed by atoms with Gasteiger partial charge in [-0.2, -0.15) is 13.2 Å². The lowest BCUT2D eigenvalue weighted by molar-refractivity contribution is -0.137. The van der Waals surface area contributed by atoms with E-state index >= 15 is 0 Å². The molecule has 4 rings (SSSR count). The fraction of sp³-hybridized carbons (Fsp3) is 0.0769. The number of rotatable bonds is 4. The van der Waals surface area contributed by atoms with Crippen LogP contribution >= 0.6 is 31.9 Å². The molecule has 0 fully saturated rings. The molecule has 0 bridgehead atoms. The number of nitrogens with zero attached hydrogens (tertiary/aromatic N) is 1. The van der Waals surface area contributed by atoms with Crippen molar-refractivity contribution in [2.24, 2.45) is 0 Å². The maximum absolute atomic E-state index is 13.3. The fourth-order valence-corrected chi connectivity index (χ4v) is 4.07. The fourth-order valence-electron chi connectivity index (χ4n) is 3.54. The largest absolute Gasteiger partial charge is 0.416 e. The molecule has 0 spiro atoms. The van der Waals surface area contributed by atoms with E-state index in [9.17, 15) is 13.2 Å². The molecule has 0 saturated carbocycles. The summed E-state index contributed by atoms with van der Waals surface area (Å²) in [5, 5.41) is 0. The molecule has 32 heavy (non-hydrogen) atoms. The lowest BCUT2D eigenvalue weighted by Crippen LogP contribution is -2.09. The zero-order chi connectivity index (χ0) is 22.9. The minimum atomic E-state index is -4.37. The summed E-state index contributed by atoms with van der Waals surface area (Å²) in [7, 11) is 0. The van der Waals surface area contributed by atoms with E-state index in [0.29, 0.717) is 11.1 Å². The van der Waals surface area contributed by atoms with Gasteiger partial charge in [0, 0.05) is 26.0 Å². The molecule has 0 aliphatic rings. The Bertz CT molecular complexity index is 1170. The molecule has 0 saturated heterocycles. The first-order chi connectivity index (χ1) is 15.2. The highest BCUT2D eigenvalue weighted by molar-refractivity contribution is 9.10. The van der Waals surface area contributed by atoms with Crippen LogP contribution in [0.3, 0.4) is 0 Å². The summed E-state index contributed by atoms with van der Waals surface area (Å²) in [5.74, 6) is 0. The van der Waals surface area contributed by atoms with Crippen LogP contribution in [0.5, 0.6) is 0 Å². The second-order valence-corrected chi connectivity index (χ2v) is 9.25. The van der Waals surface area contributed by atoms with E-state index in [0.717, 1.165) is 31.6 Å². The number of benzene rings is 4. The molecule has 0 aromatic heterocycles. The molecule has 6 heteroatoms. The van der Waals surface area contributed by atoms with E-state index in [1.807, 2.05) is 72.8 Å². The smallest absolute Gasteiger partial charge is 0.311 e. The highest BCUT2D eigenvalue weighted by Gasteiger charge is 2.31. The molecule has 0 aliphatic carbocycles. The Morgan fingerprint density at radius 3 is 1.47 bits per heavy atom. The van der Waals surface area contributed by atoms with Crippen LogP contribution in [0.1, 0.15) is 11.1 Å². The minimum absolute atomic E-state index is 0.544. The summed E-state index contributed by atoms with van der Waals surface area (Å²) in [6, 6.07) is 27.6. The van der Waals surface area contributed by atoms with E-state index in [4.69, 9.17) is 0 Å². The molecule has 0 N–H and O–H groups in total. The van der Waals surface area contributed by atoms with Crippen molar-refractivity contribution in [2.45, 2.75) is 13.1 Å². The summed E-state index contributed by atoms with van der Waals surface area (Å²) in [5.41, 5.74) is 4.06. The molecule has 1 nitrogen and oxygen atoms in total. The Kier molecular flexibility index (Phi) is 6.45. The third-order valence-corrected chi connectivity index (χ3v) is 6.09. The van der Waals surface area contributed by atoms with Crippen LogP contribution in [0.4, 0.5) is 30.2 Å². The molecule has 0 aliphatic heterocycles. The van der Waals surface area contributed by atoms with Gasteiger partial charge >= 0.3 is 6.18 Å². The van der Waals surface area contributed by atoms with E-state index in [1.165, 1.54) is 12.1 Å². The first-order valence-electron chi connectivity index (χ1n) is 9.81. The van der Waals surface area contributed by atoms with Crippen molar-refractivity contribution in [3.05, 3.63) is 111 Å². The SMILES string of the molecule is Cc1cc(-c2ccc(N(c3ccc(Br)cc3)c3ccc(Br)cc3)cc2)cc(C(F)(F)F)c1. The summed E-state index contributed by atoms with van der Waals surface area (Å²) >= 11 is 6.95. The molecule has 0 unspecified atom stereocenters. The standard InChI is InChI=1S/C26H18Br2F3N/c1-17-14-19(16-20(15-17)26(29,30)31)18-2-8-23(9-3-18)32(24-10-4-21(27)5-11-24)25-12-6-22(28)7-13-25/h2-16H,1H3. The monoisotopic (exact) mass is 559 g/mol. The summed E-state index contributed by atoms with van der Waals surface area (Å²) in [6.45, 7) is 1.68. The summed E-state index contributed by atoms with van der Waals surface area (Å²) in [4.78, 5) is 2.10. The van der Waals surface area contributed by atoms with Crippen molar-refractivity contribution < 1.29 is 13.2 Å². The van der Waals surface area contributed by atoms with Crippen LogP contribution in [0, 0.1) is 6.92 Å². The van der Waals surface area contributed by atoms with Crippen LogP contribution in [0.2, 0.25) is 0 Å². The van der Waals surface area contributed by atoms with Gasteiger partial charge in [-0.25, -0.2) is 0 Å². The Balaban J connectivity index is 1.75.